The van der Waals surface area contributed by atoms with Gasteiger partial charge in [0.25, 0.3) is 0 Å². The Balaban J connectivity index is 1.43. The molecule has 2 aliphatic heterocycles. The summed E-state index contributed by atoms with van der Waals surface area (Å²) in [6, 6.07) is 14.7. The molecule has 2 fully saturated rings. The van der Waals surface area contributed by atoms with Crippen LogP contribution < -0.4 is 4.90 Å². The van der Waals surface area contributed by atoms with Crippen LogP contribution in [0.5, 0.6) is 0 Å². The third-order valence-corrected chi connectivity index (χ3v) is 6.44. The molecule has 2 aliphatic rings. The van der Waals surface area contributed by atoms with Gasteiger partial charge < -0.3 is 14.2 Å². The van der Waals surface area contributed by atoms with Gasteiger partial charge in [-0.25, -0.2) is 4.98 Å². The molecule has 2 saturated heterocycles. The molecular formula is C25H30N4O2. The van der Waals surface area contributed by atoms with Crippen LogP contribution in [0, 0.1) is 13.8 Å². The number of anilines is 1. The van der Waals surface area contributed by atoms with Gasteiger partial charge in [-0.05, 0) is 49.2 Å². The predicted octanol–water partition coefficient (Wildman–Crippen LogP) is 3.51. The molecule has 6 heteroatoms. The van der Waals surface area contributed by atoms with E-state index in [0.29, 0.717) is 13.0 Å². The lowest BCUT2D eigenvalue weighted by atomic mass is 10.1. The van der Waals surface area contributed by atoms with E-state index in [1.54, 1.807) is 0 Å². The highest BCUT2D eigenvalue weighted by molar-refractivity contribution is 5.96. The minimum Gasteiger partial charge on any atom is -0.379 e. The van der Waals surface area contributed by atoms with E-state index in [4.69, 9.17) is 9.72 Å². The van der Waals surface area contributed by atoms with Crippen LogP contribution in [0.15, 0.2) is 42.5 Å². The highest BCUT2D eigenvalue weighted by atomic mass is 16.5. The molecule has 5 rings (SSSR count). The Morgan fingerprint density at radius 3 is 2.55 bits per heavy atom. The Morgan fingerprint density at radius 1 is 1.03 bits per heavy atom. The summed E-state index contributed by atoms with van der Waals surface area (Å²) in [5, 5.41) is 0. The molecule has 0 spiro atoms. The van der Waals surface area contributed by atoms with Crippen LogP contribution in [0.2, 0.25) is 0 Å². The monoisotopic (exact) mass is 418 g/mol. The fraction of sp³-hybridized carbons (Fsp3) is 0.440. The highest BCUT2D eigenvalue weighted by Crippen LogP contribution is 2.34. The molecule has 2 aromatic carbocycles. The van der Waals surface area contributed by atoms with E-state index in [0.717, 1.165) is 61.9 Å². The van der Waals surface area contributed by atoms with Crippen LogP contribution in [-0.4, -0.2) is 59.8 Å². The van der Waals surface area contributed by atoms with E-state index in [2.05, 4.69) is 59.7 Å². The zero-order valence-electron chi connectivity index (χ0n) is 18.4. The van der Waals surface area contributed by atoms with E-state index in [9.17, 15) is 4.79 Å². The Morgan fingerprint density at radius 2 is 1.77 bits per heavy atom. The lowest BCUT2D eigenvalue weighted by molar-refractivity contribution is -0.117. The first-order chi connectivity index (χ1) is 15.1. The zero-order chi connectivity index (χ0) is 21.4. The van der Waals surface area contributed by atoms with Gasteiger partial charge in [0.15, 0.2) is 0 Å². The number of carbonyl (C=O) groups excluding carboxylic acids is 1. The first kappa shape index (κ1) is 20.2. The van der Waals surface area contributed by atoms with Gasteiger partial charge >= 0.3 is 0 Å². The van der Waals surface area contributed by atoms with Crippen molar-refractivity contribution in [1.82, 2.24) is 14.5 Å². The second kappa shape index (κ2) is 8.44. The SMILES string of the molecule is Cc1cc(C)cc(N2C[C@@H](c3nc4ccccc4n3CCN3CCOCC3)CC2=O)c1. The molecular weight excluding hydrogens is 388 g/mol. The van der Waals surface area contributed by atoms with Gasteiger partial charge in [-0.15, -0.1) is 0 Å². The number of amides is 1. The topological polar surface area (TPSA) is 50.6 Å². The molecule has 162 valence electrons. The second-order valence-corrected chi connectivity index (χ2v) is 8.82. The van der Waals surface area contributed by atoms with Crippen molar-refractivity contribution in [3.05, 3.63) is 59.4 Å². The van der Waals surface area contributed by atoms with E-state index in [-0.39, 0.29) is 11.8 Å². The molecule has 31 heavy (non-hydrogen) atoms. The third kappa shape index (κ3) is 4.10. The number of nitrogens with zero attached hydrogens (tertiary/aromatic N) is 4. The normalized spacial score (nSPS) is 20.1. The standard InChI is InChI=1S/C25H30N4O2/c1-18-13-19(2)15-21(14-18)29-17-20(16-24(29)30)25-26-22-5-3-4-6-23(22)28(25)8-7-27-9-11-31-12-10-27/h3-6,13-15,20H,7-12,16-17H2,1-2H3/t20-/m0/s1. The summed E-state index contributed by atoms with van der Waals surface area (Å²) >= 11 is 0. The molecule has 0 aliphatic carbocycles. The van der Waals surface area contributed by atoms with Gasteiger partial charge in [0.1, 0.15) is 5.82 Å². The van der Waals surface area contributed by atoms with Crippen molar-refractivity contribution >= 4 is 22.6 Å². The number of para-hydroxylation sites is 2. The van der Waals surface area contributed by atoms with Crippen LogP contribution in [-0.2, 0) is 16.1 Å². The number of imidazole rings is 1. The molecule has 6 nitrogen and oxygen atoms in total. The van der Waals surface area contributed by atoms with Gasteiger partial charge in [0.2, 0.25) is 5.91 Å². The predicted molar refractivity (Wildman–Crippen MR) is 123 cm³/mol. The Labute approximate surface area is 183 Å². The van der Waals surface area contributed by atoms with Gasteiger partial charge in [-0.3, -0.25) is 9.69 Å². The number of carbonyl (C=O) groups is 1. The summed E-state index contributed by atoms with van der Waals surface area (Å²) in [5.74, 6) is 1.32. The Hall–Kier alpha value is -2.70. The molecule has 0 radical (unpaired) electrons. The molecule has 0 unspecified atom stereocenters. The number of aryl methyl sites for hydroxylation is 2. The Kier molecular flexibility index (Phi) is 5.50. The van der Waals surface area contributed by atoms with E-state index in [1.165, 1.54) is 11.1 Å². The van der Waals surface area contributed by atoms with Crippen molar-refractivity contribution in [3.8, 4) is 0 Å². The van der Waals surface area contributed by atoms with Gasteiger partial charge in [-0.2, -0.15) is 0 Å². The quantitative estimate of drug-likeness (QED) is 0.636. The van der Waals surface area contributed by atoms with Crippen LogP contribution in [0.1, 0.15) is 29.3 Å². The molecule has 3 heterocycles. The summed E-state index contributed by atoms with van der Waals surface area (Å²) in [6.45, 7) is 10.3. The fourth-order valence-corrected chi connectivity index (χ4v) is 4.94. The summed E-state index contributed by atoms with van der Waals surface area (Å²) < 4.78 is 7.83. The summed E-state index contributed by atoms with van der Waals surface area (Å²) in [7, 11) is 0. The average Bonchev–Trinajstić information content (AvgIpc) is 3.33. The highest BCUT2D eigenvalue weighted by Gasteiger charge is 2.35. The molecule has 1 amide bonds. The number of fused-ring (bicyclic) bond motifs is 1. The van der Waals surface area contributed by atoms with Crippen molar-refractivity contribution < 1.29 is 9.53 Å². The molecule has 3 aromatic rings. The Bertz CT molecular complexity index is 1080. The third-order valence-electron chi connectivity index (χ3n) is 6.44. The maximum atomic E-state index is 13.0. The van der Waals surface area contributed by atoms with Gasteiger partial charge in [-0.1, -0.05) is 18.2 Å². The van der Waals surface area contributed by atoms with Crippen LogP contribution >= 0.6 is 0 Å². The zero-order valence-corrected chi connectivity index (χ0v) is 18.4. The fourth-order valence-electron chi connectivity index (χ4n) is 4.94. The maximum Gasteiger partial charge on any atom is 0.227 e. The van der Waals surface area contributed by atoms with Crippen molar-refractivity contribution in [1.29, 1.82) is 0 Å². The van der Waals surface area contributed by atoms with Crippen LogP contribution in [0.3, 0.4) is 0 Å². The van der Waals surface area contributed by atoms with Crippen LogP contribution in [0.4, 0.5) is 5.69 Å². The van der Waals surface area contributed by atoms with Gasteiger partial charge in [0, 0.05) is 50.7 Å². The molecule has 1 atom stereocenters. The smallest absolute Gasteiger partial charge is 0.227 e. The van der Waals surface area contributed by atoms with Gasteiger partial charge in [0.05, 0.1) is 24.2 Å². The van der Waals surface area contributed by atoms with E-state index < -0.39 is 0 Å². The molecule has 1 aromatic heterocycles. The number of hydrogen-bond donors (Lipinski definition) is 0. The summed E-state index contributed by atoms with van der Waals surface area (Å²) in [5.41, 5.74) is 5.54. The largest absolute Gasteiger partial charge is 0.379 e. The minimum atomic E-state index is 0.102. The van der Waals surface area contributed by atoms with Crippen molar-refractivity contribution in [3.63, 3.8) is 0 Å². The summed E-state index contributed by atoms with van der Waals surface area (Å²) in [6.07, 6.45) is 0.508. The van der Waals surface area contributed by atoms with Crippen molar-refractivity contribution in [2.75, 3.05) is 44.3 Å². The lowest BCUT2D eigenvalue weighted by Crippen LogP contribution is -2.38. The van der Waals surface area contributed by atoms with E-state index in [1.807, 2.05) is 11.0 Å². The average molecular weight is 419 g/mol. The summed E-state index contributed by atoms with van der Waals surface area (Å²) in [4.78, 5) is 22.4. The number of hydrogen-bond acceptors (Lipinski definition) is 4. The van der Waals surface area contributed by atoms with Crippen LogP contribution in [0.25, 0.3) is 11.0 Å². The number of benzene rings is 2. The molecule has 0 bridgehead atoms. The molecule has 0 N–H and O–H groups in total. The second-order valence-electron chi connectivity index (χ2n) is 8.82. The number of morpholine rings is 1. The number of aromatic nitrogens is 2. The van der Waals surface area contributed by atoms with E-state index >= 15 is 0 Å². The van der Waals surface area contributed by atoms with Crippen molar-refractivity contribution in [2.45, 2.75) is 32.7 Å². The van der Waals surface area contributed by atoms with Crippen molar-refractivity contribution in [2.24, 2.45) is 0 Å². The first-order valence-electron chi connectivity index (χ1n) is 11.2. The number of ether oxygens (including phenoxy) is 1. The maximum absolute atomic E-state index is 13.0. The number of rotatable bonds is 5. The first-order valence-corrected chi connectivity index (χ1v) is 11.2. The minimum absolute atomic E-state index is 0.102. The lowest BCUT2D eigenvalue weighted by Gasteiger charge is -2.27. The molecule has 0 saturated carbocycles.